The van der Waals surface area contributed by atoms with Gasteiger partial charge in [-0.1, -0.05) is 0 Å². The van der Waals surface area contributed by atoms with Crippen LogP contribution in [0.1, 0.15) is 54.4 Å². The first-order valence-corrected chi connectivity index (χ1v) is 20.3. The average Bonchev–Trinajstić information content (AvgIpc) is 3.87. The number of aliphatic imine (C=N–C) groups is 4. The van der Waals surface area contributed by atoms with Gasteiger partial charge in [0.2, 0.25) is 0 Å². The second-order valence-electron chi connectivity index (χ2n) is 13.3. The Kier molecular flexibility index (Phi) is 6.02. The van der Waals surface area contributed by atoms with E-state index >= 15 is 0 Å². The molecule has 0 amide bonds. The van der Waals surface area contributed by atoms with Crippen LogP contribution in [-0.4, -0.2) is 52.9 Å². The summed E-state index contributed by atoms with van der Waals surface area (Å²) in [5.41, 5.74) is 4.91. The predicted octanol–water partition coefficient (Wildman–Crippen LogP) is 6.04. The monoisotopic (exact) mass is 708 g/mol. The standard InChI is InChI=1S/C32H16N8.C7H12O2.Ga/c1-2-10-18-17(9-1)25-33-26(18)38-28-21-13-5-6-14-22(21)30(35-28)40-32-24-16-8-7-15-23(24)31(36-32)39-29-20-12-4-3-11-19(20)27(34-29)37-25;8-7(9)6-4-2-1-3-5-6;/h1-16H;6H,1-5H2,(H,8,9);/q-2;;+3/p-1. The normalized spacial score (nSPS) is 17.2. The van der Waals surface area contributed by atoms with Crippen molar-refractivity contribution in [3.63, 3.8) is 0 Å². The van der Waals surface area contributed by atoms with Gasteiger partial charge < -0.3 is 0 Å². The van der Waals surface area contributed by atoms with Gasteiger partial charge in [-0.25, -0.2) is 0 Å². The average molecular weight is 709 g/mol. The van der Waals surface area contributed by atoms with Crippen molar-refractivity contribution in [2.24, 2.45) is 35.9 Å². The molecule has 6 aromatic rings. The second kappa shape index (κ2) is 10.7. The van der Waals surface area contributed by atoms with Crippen LogP contribution < -0.4 is 11.0 Å². The van der Waals surface area contributed by atoms with Crippen molar-refractivity contribution < 1.29 is 8.32 Å². The second-order valence-corrected chi connectivity index (χ2v) is 17.3. The quantitative estimate of drug-likeness (QED) is 0.204. The fourth-order valence-electron chi connectivity index (χ4n) is 8.03. The summed E-state index contributed by atoms with van der Waals surface area (Å²) in [6, 6.07) is 32.4. The molecule has 10 nitrogen and oxygen atoms in total. The molecule has 0 unspecified atom stereocenters. The third-order valence-electron chi connectivity index (χ3n) is 10.4. The summed E-state index contributed by atoms with van der Waals surface area (Å²) in [6.07, 6.45) is 4.83. The number of amidine groups is 4. The van der Waals surface area contributed by atoms with Crippen molar-refractivity contribution in [1.29, 1.82) is 0 Å². The number of hydrogen-bond acceptors (Lipinski definition) is 8. The molecule has 2 aromatic heterocycles. The van der Waals surface area contributed by atoms with Gasteiger partial charge in [0.25, 0.3) is 0 Å². The Bertz CT molecular complexity index is 2600. The van der Waals surface area contributed by atoms with Gasteiger partial charge in [0.1, 0.15) is 0 Å². The summed E-state index contributed by atoms with van der Waals surface area (Å²) in [5, 5.41) is 3.59. The maximum atomic E-state index is 14.4. The van der Waals surface area contributed by atoms with Crippen molar-refractivity contribution in [1.82, 2.24) is 6.55 Å². The summed E-state index contributed by atoms with van der Waals surface area (Å²) in [6.45, 7) is 0. The van der Waals surface area contributed by atoms with Crippen molar-refractivity contribution in [2.45, 2.75) is 32.1 Å². The van der Waals surface area contributed by atoms with E-state index in [2.05, 4.69) is 30.8 Å². The number of hydrogen-bond donors (Lipinski definition) is 0. The Morgan fingerprint density at radius 2 is 0.940 bits per heavy atom. The molecule has 0 atom stereocenters. The van der Waals surface area contributed by atoms with E-state index in [0.29, 0.717) is 46.0 Å². The minimum atomic E-state index is -3.94. The van der Waals surface area contributed by atoms with Gasteiger partial charge in [-0.2, -0.15) is 0 Å². The third kappa shape index (κ3) is 4.01. The first kappa shape index (κ1) is 28.2. The molecule has 0 radical (unpaired) electrons. The fourth-order valence-corrected chi connectivity index (χ4v) is 13.2. The molecule has 1 saturated carbocycles. The molecule has 0 N–H and O–H groups in total. The Morgan fingerprint density at radius 1 is 0.520 bits per heavy atom. The van der Waals surface area contributed by atoms with Gasteiger partial charge in [0.05, 0.1) is 0 Å². The van der Waals surface area contributed by atoms with Crippen LogP contribution >= 0.6 is 0 Å². The zero-order valence-electron chi connectivity index (χ0n) is 26.8. The number of carbonyl (C=O) groups excluding carboxylic acids is 1. The maximum absolute atomic E-state index is 14.4. The van der Waals surface area contributed by atoms with Crippen LogP contribution in [0.15, 0.2) is 127 Å². The van der Waals surface area contributed by atoms with Crippen molar-refractivity contribution >= 4 is 79.6 Å². The molecule has 11 rings (SSSR count). The van der Waals surface area contributed by atoms with Gasteiger partial charge >= 0.3 is 293 Å². The topological polar surface area (TPSA) is 110 Å². The first-order chi connectivity index (χ1) is 24.7. The Labute approximate surface area is 291 Å². The molecular weight excluding hydrogens is 682 g/mol. The molecule has 0 saturated heterocycles. The van der Waals surface area contributed by atoms with Crippen LogP contribution in [0.25, 0.3) is 21.5 Å². The Hall–Kier alpha value is -5.65. The number of carbonyl (C=O) groups is 1. The zero-order chi connectivity index (χ0) is 32.9. The van der Waals surface area contributed by atoms with Gasteiger partial charge in [-0.3, -0.25) is 0 Å². The molecule has 4 aliphatic heterocycles. The molecule has 1 fully saturated rings. The van der Waals surface area contributed by atoms with Gasteiger partial charge in [-0.05, 0) is 0 Å². The van der Waals surface area contributed by atoms with E-state index < -0.39 is 17.1 Å². The summed E-state index contributed by atoms with van der Waals surface area (Å²) in [4.78, 5) is 45.9. The first-order valence-electron chi connectivity index (χ1n) is 17.2. The van der Waals surface area contributed by atoms with Crippen LogP contribution in [0.2, 0.25) is 0 Å². The summed E-state index contributed by atoms with van der Waals surface area (Å²) >= 11 is -3.94. The molecule has 6 bridgehead atoms. The van der Waals surface area contributed by atoms with Crippen LogP contribution in [0, 0.1) is 5.92 Å². The fraction of sp³-hybridized carbons (Fsp3) is 0.154. The van der Waals surface area contributed by atoms with E-state index in [1.165, 1.54) is 0 Å². The molecular formula is C39H27GaN8O2. The minimum absolute atomic E-state index is 0.160. The van der Waals surface area contributed by atoms with Gasteiger partial charge in [0, 0.05) is 0 Å². The molecule has 4 aromatic carbocycles. The van der Waals surface area contributed by atoms with Crippen LogP contribution in [0.5, 0.6) is 0 Å². The molecule has 0 spiro atoms. The third-order valence-corrected chi connectivity index (χ3v) is 15.3. The van der Waals surface area contributed by atoms with Crippen LogP contribution in [0.4, 0.5) is 11.6 Å². The summed E-state index contributed by atoms with van der Waals surface area (Å²) < 4.78 is 11.2. The van der Waals surface area contributed by atoms with E-state index in [0.717, 1.165) is 75.9 Å². The van der Waals surface area contributed by atoms with Crippen molar-refractivity contribution in [3.8, 4) is 0 Å². The van der Waals surface area contributed by atoms with E-state index in [1.54, 1.807) is 0 Å². The SMILES string of the molecule is O=C([O][Ga]1[n]2c3c4ccccc4c2N=C2N=C(N=c4c5ccccc5c([n]41)=NC1=NC(=N3)c3ccccc31)c1ccccc12)C1CCCCC1. The Morgan fingerprint density at radius 3 is 1.42 bits per heavy atom. The van der Waals surface area contributed by atoms with E-state index in [4.69, 9.17) is 33.5 Å². The number of rotatable bonds is 2. The molecule has 5 aliphatic rings. The molecule has 6 heterocycles. The molecule has 1 aliphatic carbocycles. The van der Waals surface area contributed by atoms with Gasteiger partial charge in [-0.15, -0.1) is 0 Å². The van der Waals surface area contributed by atoms with Crippen molar-refractivity contribution in [3.05, 3.63) is 130 Å². The molecule has 11 heteroatoms. The van der Waals surface area contributed by atoms with E-state index in [9.17, 15) is 4.79 Å². The zero-order valence-corrected chi connectivity index (χ0v) is 29.2. The number of nitrogens with zero attached hydrogens (tertiary/aromatic N) is 8. The van der Waals surface area contributed by atoms with Crippen molar-refractivity contribution in [2.75, 3.05) is 0 Å². The predicted molar refractivity (Wildman–Crippen MR) is 194 cm³/mol. The molecule has 238 valence electrons. The number of aromatic nitrogens is 2. The van der Waals surface area contributed by atoms with Crippen LogP contribution in [0.3, 0.4) is 0 Å². The number of benzene rings is 4. The summed E-state index contributed by atoms with van der Waals surface area (Å²) in [5.74, 6) is 3.25. The Balaban J connectivity index is 1.36. The molecule has 50 heavy (non-hydrogen) atoms. The van der Waals surface area contributed by atoms with Crippen LogP contribution in [-0.2, 0) is 8.32 Å². The van der Waals surface area contributed by atoms with E-state index in [1.807, 2.05) is 72.8 Å². The van der Waals surface area contributed by atoms with Gasteiger partial charge in [0.15, 0.2) is 0 Å². The summed E-state index contributed by atoms with van der Waals surface area (Å²) in [7, 11) is 0. The number of fused-ring (bicyclic) bond motifs is 14. The van der Waals surface area contributed by atoms with E-state index in [-0.39, 0.29) is 11.9 Å².